The lowest BCUT2D eigenvalue weighted by molar-refractivity contribution is 0.0595. The number of nitrogens with zero attached hydrogens (tertiary/aromatic N) is 3. The molecule has 1 aliphatic heterocycles. The highest BCUT2D eigenvalue weighted by Gasteiger charge is 2.16. The predicted octanol–water partition coefficient (Wildman–Crippen LogP) is 4.58. The van der Waals surface area contributed by atoms with E-state index in [4.69, 9.17) is 4.74 Å². The van der Waals surface area contributed by atoms with E-state index in [0.29, 0.717) is 23.4 Å². The number of rotatable bonds is 8. The predicted molar refractivity (Wildman–Crippen MR) is 158 cm³/mol. The molecule has 5 rings (SSSR count). The second kappa shape index (κ2) is 11.9. The number of aryl methyl sites for hydroxylation is 2. The summed E-state index contributed by atoms with van der Waals surface area (Å²) in [5.41, 5.74) is 7.76. The van der Waals surface area contributed by atoms with E-state index in [1.54, 1.807) is 12.3 Å². The van der Waals surface area contributed by atoms with E-state index < -0.39 is 5.97 Å². The van der Waals surface area contributed by atoms with Crippen molar-refractivity contribution in [2.75, 3.05) is 51.0 Å². The molecule has 0 saturated carbocycles. The fourth-order valence-electron chi connectivity index (χ4n) is 4.93. The number of anilines is 2. The van der Waals surface area contributed by atoms with Crippen molar-refractivity contribution in [2.45, 2.75) is 26.9 Å². The minimum atomic E-state index is -0.432. The lowest BCUT2D eigenvalue weighted by Gasteiger charge is -2.32. The van der Waals surface area contributed by atoms with Crippen LogP contribution in [0.1, 0.15) is 43.1 Å². The molecule has 0 bridgehead atoms. The van der Waals surface area contributed by atoms with Crippen molar-refractivity contribution in [3.63, 3.8) is 0 Å². The number of pyridine rings is 1. The average Bonchev–Trinajstić information content (AvgIpc) is 3.38. The Morgan fingerprint density at radius 3 is 2.50 bits per heavy atom. The van der Waals surface area contributed by atoms with Gasteiger partial charge in [0.1, 0.15) is 11.3 Å². The number of fused-ring (bicyclic) bond motifs is 1. The van der Waals surface area contributed by atoms with Gasteiger partial charge in [0.05, 0.1) is 19.0 Å². The summed E-state index contributed by atoms with van der Waals surface area (Å²) in [7, 11) is 3.51. The molecule has 3 N–H and O–H groups in total. The Labute approximate surface area is 234 Å². The molecule has 1 aliphatic rings. The second-order valence-electron chi connectivity index (χ2n) is 10.5. The van der Waals surface area contributed by atoms with E-state index in [1.165, 1.54) is 12.7 Å². The molecule has 0 spiro atoms. The molecule has 0 radical (unpaired) electrons. The van der Waals surface area contributed by atoms with E-state index in [1.807, 2.05) is 43.3 Å². The summed E-state index contributed by atoms with van der Waals surface area (Å²) in [4.78, 5) is 37.1. The van der Waals surface area contributed by atoms with Gasteiger partial charge in [0.2, 0.25) is 0 Å². The van der Waals surface area contributed by atoms with Gasteiger partial charge in [-0.25, -0.2) is 9.78 Å². The van der Waals surface area contributed by atoms with Gasteiger partial charge in [-0.05, 0) is 79.5 Å². The van der Waals surface area contributed by atoms with Crippen LogP contribution in [0.5, 0.6) is 0 Å². The van der Waals surface area contributed by atoms with Gasteiger partial charge in [-0.15, -0.1) is 0 Å². The number of nitrogens with one attached hydrogen (secondary N) is 3. The highest BCUT2D eigenvalue weighted by molar-refractivity contribution is 6.04. The average molecular weight is 541 g/mol. The van der Waals surface area contributed by atoms with Gasteiger partial charge in [-0.2, -0.15) is 0 Å². The standard InChI is InChI=1S/C31H36N6O3/c1-20-5-8-26(15-25(20)17-32-27-14-24-16-28(31(39)40-4)35-29(24)33-18-27)34-30(38)22-6-7-23(21(2)13-22)19-37-11-9-36(3)10-12-37/h5-8,13-16,18,32H,9-12,17,19H2,1-4H3,(H,33,35)(H,34,38). The maximum Gasteiger partial charge on any atom is 0.354 e. The number of likely N-dealkylation sites (N-methyl/N-ethyl adjacent to an activating group) is 1. The van der Waals surface area contributed by atoms with E-state index >= 15 is 0 Å². The lowest BCUT2D eigenvalue weighted by atomic mass is 10.0. The normalized spacial score (nSPS) is 14.3. The van der Waals surface area contributed by atoms with Crippen molar-refractivity contribution in [3.05, 3.63) is 88.2 Å². The van der Waals surface area contributed by atoms with Crippen LogP contribution in [0.2, 0.25) is 0 Å². The van der Waals surface area contributed by atoms with E-state index in [0.717, 1.165) is 66.2 Å². The minimum Gasteiger partial charge on any atom is -0.464 e. The lowest BCUT2D eigenvalue weighted by Crippen LogP contribution is -2.43. The molecule has 9 nitrogen and oxygen atoms in total. The molecule has 0 unspecified atom stereocenters. The number of piperazine rings is 1. The zero-order valence-electron chi connectivity index (χ0n) is 23.5. The van der Waals surface area contributed by atoms with Gasteiger partial charge in [0, 0.05) is 55.9 Å². The molecule has 208 valence electrons. The molecular weight excluding hydrogens is 504 g/mol. The first-order valence-corrected chi connectivity index (χ1v) is 13.5. The Morgan fingerprint density at radius 1 is 0.950 bits per heavy atom. The van der Waals surface area contributed by atoms with Crippen molar-refractivity contribution in [1.82, 2.24) is 19.8 Å². The molecule has 1 fully saturated rings. The van der Waals surface area contributed by atoms with Gasteiger partial charge in [-0.3, -0.25) is 9.69 Å². The quantitative estimate of drug-likeness (QED) is 0.281. The molecule has 9 heteroatoms. The number of amides is 1. The summed E-state index contributed by atoms with van der Waals surface area (Å²) in [5, 5.41) is 7.27. The zero-order valence-corrected chi connectivity index (χ0v) is 23.5. The molecule has 1 amide bonds. The highest BCUT2D eigenvalue weighted by Crippen LogP contribution is 2.22. The Balaban J connectivity index is 1.22. The number of carbonyl (C=O) groups is 2. The second-order valence-corrected chi connectivity index (χ2v) is 10.5. The number of carbonyl (C=O) groups excluding carboxylic acids is 2. The van der Waals surface area contributed by atoms with E-state index in [2.05, 4.69) is 50.4 Å². The largest absolute Gasteiger partial charge is 0.464 e. The fraction of sp³-hybridized carbons (Fsp3) is 0.323. The Hall–Kier alpha value is -4.21. The van der Waals surface area contributed by atoms with Gasteiger partial charge in [-0.1, -0.05) is 12.1 Å². The summed E-state index contributed by atoms with van der Waals surface area (Å²) < 4.78 is 4.78. The minimum absolute atomic E-state index is 0.125. The first-order valence-electron chi connectivity index (χ1n) is 13.5. The van der Waals surface area contributed by atoms with Crippen LogP contribution >= 0.6 is 0 Å². The molecule has 2 aromatic carbocycles. The van der Waals surface area contributed by atoms with Gasteiger partial charge in [0.15, 0.2) is 0 Å². The molecule has 2 aromatic heterocycles. The number of aromatic nitrogens is 2. The molecule has 0 atom stereocenters. The SMILES string of the molecule is COC(=O)c1cc2cc(NCc3cc(NC(=O)c4ccc(CN5CCN(C)CC5)c(C)c4)ccc3C)cnc2[nH]1. The Kier molecular flexibility index (Phi) is 8.14. The van der Waals surface area contributed by atoms with Gasteiger partial charge >= 0.3 is 5.97 Å². The highest BCUT2D eigenvalue weighted by atomic mass is 16.5. The van der Waals surface area contributed by atoms with E-state index in [-0.39, 0.29) is 5.91 Å². The van der Waals surface area contributed by atoms with Crippen LogP contribution in [0, 0.1) is 13.8 Å². The summed E-state index contributed by atoms with van der Waals surface area (Å²) in [6.07, 6.45) is 1.72. The summed E-state index contributed by atoms with van der Waals surface area (Å²) in [6, 6.07) is 15.6. The zero-order chi connectivity index (χ0) is 28.2. The first kappa shape index (κ1) is 27.4. The van der Waals surface area contributed by atoms with Crippen LogP contribution in [0.3, 0.4) is 0 Å². The maximum absolute atomic E-state index is 13.1. The number of H-pyrrole nitrogens is 1. The number of aromatic amines is 1. The summed E-state index contributed by atoms with van der Waals surface area (Å²) in [6.45, 7) is 9.89. The van der Waals surface area contributed by atoms with Crippen molar-refractivity contribution in [1.29, 1.82) is 0 Å². The third-order valence-electron chi connectivity index (χ3n) is 7.56. The number of methoxy groups -OCH3 is 1. The Bertz CT molecular complexity index is 1540. The fourth-order valence-corrected chi connectivity index (χ4v) is 4.93. The molecule has 0 aliphatic carbocycles. The third kappa shape index (κ3) is 6.32. The molecule has 40 heavy (non-hydrogen) atoms. The first-order chi connectivity index (χ1) is 19.3. The van der Waals surface area contributed by atoms with Crippen LogP contribution in [0.25, 0.3) is 11.0 Å². The smallest absolute Gasteiger partial charge is 0.354 e. The van der Waals surface area contributed by atoms with Crippen molar-refractivity contribution in [2.24, 2.45) is 0 Å². The summed E-state index contributed by atoms with van der Waals surface area (Å²) >= 11 is 0. The van der Waals surface area contributed by atoms with Crippen LogP contribution in [0.4, 0.5) is 11.4 Å². The van der Waals surface area contributed by atoms with Gasteiger partial charge in [0.25, 0.3) is 5.91 Å². The van der Waals surface area contributed by atoms with Gasteiger partial charge < -0.3 is 25.3 Å². The van der Waals surface area contributed by atoms with Crippen molar-refractivity contribution >= 4 is 34.3 Å². The van der Waals surface area contributed by atoms with Crippen LogP contribution in [-0.4, -0.2) is 72.0 Å². The van der Waals surface area contributed by atoms with Crippen molar-refractivity contribution in [3.8, 4) is 0 Å². The Morgan fingerprint density at radius 2 is 1.75 bits per heavy atom. The number of hydrogen-bond acceptors (Lipinski definition) is 7. The third-order valence-corrected chi connectivity index (χ3v) is 7.56. The van der Waals surface area contributed by atoms with Crippen molar-refractivity contribution < 1.29 is 14.3 Å². The van der Waals surface area contributed by atoms with Crippen LogP contribution in [0.15, 0.2) is 54.7 Å². The maximum atomic E-state index is 13.1. The molecule has 1 saturated heterocycles. The topological polar surface area (TPSA) is 103 Å². The number of ether oxygens (including phenoxy) is 1. The number of esters is 1. The molecule has 4 aromatic rings. The number of benzene rings is 2. The summed E-state index contributed by atoms with van der Waals surface area (Å²) in [5.74, 6) is -0.556. The molecule has 3 heterocycles. The molecular formula is C31H36N6O3. The monoisotopic (exact) mass is 540 g/mol. The van der Waals surface area contributed by atoms with Crippen LogP contribution in [-0.2, 0) is 17.8 Å². The number of hydrogen-bond donors (Lipinski definition) is 3. The van der Waals surface area contributed by atoms with E-state index in [9.17, 15) is 9.59 Å². The van der Waals surface area contributed by atoms with Crippen LogP contribution < -0.4 is 10.6 Å².